The Morgan fingerprint density at radius 2 is 2.00 bits per heavy atom. The van der Waals surface area contributed by atoms with Gasteiger partial charge in [0.2, 0.25) is 0 Å². The van der Waals surface area contributed by atoms with Crippen LogP contribution in [0.2, 0.25) is 5.15 Å². The van der Waals surface area contributed by atoms with E-state index < -0.39 is 0 Å². The topological polar surface area (TPSA) is 90.1 Å². The predicted molar refractivity (Wildman–Crippen MR) is 129 cm³/mol. The summed E-state index contributed by atoms with van der Waals surface area (Å²) >= 11 is 5.81. The first kappa shape index (κ1) is 24.1. The van der Waals surface area contributed by atoms with Gasteiger partial charge in [-0.25, -0.2) is 9.50 Å². The number of fused-ring (bicyclic) bond motifs is 1. The zero-order valence-corrected chi connectivity index (χ0v) is 20.2. The average molecular weight is 468 g/mol. The summed E-state index contributed by atoms with van der Waals surface area (Å²) in [6.45, 7) is 10.0. The molecule has 0 bridgehead atoms. The van der Waals surface area contributed by atoms with Gasteiger partial charge in [-0.15, -0.1) is 0 Å². The van der Waals surface area contributed by atoms with Gasteiger partial charge in [0, 0.05) is 17.2 Å². The van der Waals surface area contributed by atoms with Gasteiger partial charge in [-0.05, 0) is 49.5 Å². The van der Waals surface area contributed by atoms with Crippen LogP contribution < -0.4 is 10.1 Å². The molecule has 3 aromatic rings. The second-order valence-electron chi connectivity index (χ2n) is 8.52. The van der Waals surface area contributed by atoms with Crippen molar-refractivity contribution in [3.8, 4) is 17.6 Å². The van der Waals surface area contributed by atoms with Gasteiger partial charge in [-0.2, -0.15) is 5.10 Å². The van der Waals surface area contributed by atoms with E-state index >= 15 is 0 Å². The lowest BCUT2D eigenvalue weighted by atomic mass is 9.89. The van der Waals surface area contributed by atoms with Gasteiger partial charge in [-0.1, -0.05) is 43.6 Å². The number of hydrogen-bond acceptors (Lipinski definition) is 6. The molecule has 9 heteroatoms. The highest BCUT2D eigenvalue weighted by atomic mass is 35.5. The molecule has 0 saturated carbocycles. The zero-order valence-electron chi connectivity index (χ0n) is 19.4. The summed E-state index contributed by atoms with van der Waals surface area (Å²) in [4.78, 5) is 21.6. The van der Waals surface area contributed by atoms with E-state index in [9.17, 15) is 4.79 Å². The molecule has 33 heavy (non-hydrogen) atoms. The van der Waals surface area contributed by atoms with E-state index in [2.05, 4.69) is 53.2 Å². The number of nitrogens with zero attached hydrogens (tertiary/aromatic N) is 4. The van der Waals surface area contributed by atoms with Crippen molar-refractivity contribution in [3.63, 3.8) is 0 Å². The van der Waals surface area contributed by atoms with Crippen LogP contribution in [0, 0.1) is 24.2 Å². The molecule has 1 unspecified atom stereocenters. The summed E-state index contributed by atoms with van der Waals surface area (Å²) in [7, 11) is 1.59. The molecule has 1 amide bonds. The van der Waals surface area contributed by atoms with E-state index in [1.807, 2.05) is 19.9 Å². The number of amides is 1. The fourth-order valence-corrected chi connectivity index (χ4v) is 2.93. The molecule has 0 spiro atoms. The third-order valence-corrected chi connectivity index (χ3v) is 4.85. The first-order chi connectivity index (χ1) is 15.6. The lowest BCUT2D eigenvalue weighted by molar-refractivity contribution is 0.0241. The summed E-state index contributed by atoms with van der Waals surface area (Å²) in [5, 5.41) is 11.0. The second-order valence-corrected chi connectivity index (χ2v) is 8.91. The first-order valence-corrected chi connectivity index (χ1v) is 10.6. The van der Waals surface area contributed by atoms with E-state index in [4.69, 9.17) is 21.2 Å². The quantitative estimate of drug-likeness (QED) is 0.561. The number of ether oxygens (including phenoxy) is 1. The number of benzene rings is 1. The SMILES string of the molecule is CC1=NOC(C(C)(C)C)C#C1.COc1cc(NC(=O)c2cn3nc(Cl)ccc3n2)ccc1C. The summed E-state index contributed by atoms with van der Waals surface area (Å²) < 4.78 is 6.70. The number of methoxy groups -OCH3 is 1. The Kier molecular flexibility index (Phi) is 7.24. The van der Waals surface area contributed by atoms with Crippen molar-refractivity contribution in [2.24, 2.45) is 10.6 Å². The lowest BCUT2D eigenvalue weighted by Crippen LogP contribution is -2.28. The van der Waals surface area contributed by atoms with E-state index in [-0.39, 0.29) is 23.1 Å². The van der Waals surface area contributed by atoms with Crippen molar-refractivity contribution in [2.45, 2.75) is 40.7 Å². The highest BCUT2D eigenvalue weighted by Gasteiger charge is 2.26. The van der Waals surface area contributed by atoms with Crippen molar-refractivity contribution in [3.05, 3.63) is 52.9 Å². The summed E-state index contributed by atoms with van der Waals surface area (Å²) in [5.41, 5.74) is 3.25. The van der Waals surface area contributed by atoms with Crippen molar-refractivity contribution >= 4 is 34.6 Å². The Bertz CT molecular complexity index is 1260. The van der Waals surface area contributed by atoms with Gasteiger partial charge < -0.3 is 14.9 Å². The fraction of sp³-hybridized carbons (Fsp3) is 0.333. The number of aryl methyl sites for hydroxylation is 1. The van der Waals surface area contributed by atoms with Gasteiger partial charge in [-0.3, -0.25) is 4.79 Å². The maximum absolute atomic E-state index is 12.3. The molecular formula is C24H26ClN5O3. The summed E-state index contributed by atoms with van der Waals surface area (Å²) in [6.07, 6.45) is 1.47. The summed E-state index contributed by atoms with van der Waals surface area (Å²) in [5.74, 6) is 6.30. The number of rotatable bonds is 3. The Labute approximate surface area is 197 Å². The Hall–Kier alpha value is -3.57. The van der Waals surface area contributed by atoms with Crippen LogP contribution in [0.3, 0.4) is 0 Å². The first-order valence-electron chi connectivity index (χ1n) is 10.3. The number of anilines is 1. The largest absolute Gasteiger partial charge is 0.496 e. The molecular weight excluding hydrogens is 442 g/mol. The molecule has 1 aromatic carbocycles. The number of nitrogens with one attached hydrogen (secondary N) is 1. The normalized spacial score (nSPS) is 14.8. The van der Waals surface area contributed by atoms with Gasteiger partial charge >= 0.3 is 0 Å². The molecule has 1 atom stereocenters. The zero-order chi connectivity index (χ0) is 24.2. The average Bonchev–Trinajstić information content (AvgIpc) is 3.18. The third kappa shape index (κ3) is 6.24. The molecule has 0 aliphatic carbocycles. The maximum Gasteiger partial charge on any atom is 0.275 e. The Balaban J connectivity index is 0.000000235. The molecule has 1 N–H and O–H groups in total. The Morgan fingerprint density at radius 3 is 2.64 bits per heavy atom. The molecule has 0 fully saturated rings. The van der Waals surface area contributed by atoms with Gasteiger partial charge in [0.05, 0.1) is 13.3 Å². The van der Waals surface area contributed by atoms with E-state index in [0.717, 1.165) is 11.3 Å². The lowest BCUT2D eigenvalue weighted by Gasteiger charge is -2.24. The van der Waals surface area contributed by atoms with Crippen molar-refractivity contribution in [1.82, 2.24) is 14.6 Å². The van der Waals surface area contributed by atoms with Crippen LogP contribution in [0.15, 0.2) is 41.7 Å². The van der Waals surface area contributed by atoms with Crippen molar-refractivity contribution in [2.75, 3.05) is 12.4 Å². The number of halogens is 1. The maximum atomic E-state index is 12.3. The second kappa shape index (κ2) is 9.92. The van der Waals surface area contributed by atoms with Crippen molar-refractivity contribution < 1.29 is 14.4 Å². The standard InChI is InChI=1S/C15H13ClN4O2.C9H13NO/c1-9-3-4-10(7-12(9)22-2)17-15(21)11-8-20-14(18-11)6-5-13(16)19-20;1-7-5-6-8(11-10-7)9(2,3)4/h3-8H,1-2H3,(H,17,21);8H,1-4H3. The van der Waals surface area contributed by atoms with Crippen LogP contribution in [0.4, 0.5) is 5.69 Å². The molecule has 1 aliphatic rings. The van der Waals surface area contributed by atoms with Crippen LogP contribution in [0.25, 0.3) is 5.65 Å². The molecule has 0 radical (unpaired) electrons. The highest BCUT2D eigenvalue weighted by molar-refractivity contribution is 6.29. The molecule has 4 rings (SSSR count). The number of carbonyl (C=O) groups excluding carboxylic acids is 1. The molecule has 1 aliphatic heterocycles. The van der Waals surface area contributed by atoms with Gasteiger partial charge in [0.1, 0.15) is 22.3 Å². The number of carbonyl (C=O) groups is 1. The van der Waals surface area contributed by atoms with Crippen LogP contribution in [0.5, 0.6) is 5.75 Å². The molecule has 3 heterocycles. The van der Waals surface area contributed by atoms with Gasteiger partial charge in [0.25, 0.3) is 5.91 Å². The molecule has 172 valence electrons. The third-order valence-electron chi connectivity index (χ3n) is 4.65. The predicted octanol–water partition coefficient (Wildman–Crippen LogP) is 4.76. The van der Waals surface area contributed by atoms with E-state index in [1.165, 1.54) is 10.7 Å². The highest BCUT2D eigenvalue weighted by Crippen LogP contribution is 2.23. The summed E-state index contributed by atoms with van der Waals surface area (Å²) in [6, 6.07) is 8.76. The van der Waals surface area contributed by atoms with Gasteiger partial charge in [0.15, 0.2) is 11.8 Å². The molecule has 2 aromatic heterocycles. The minimum Gasteiger partial charge on any atom is -0.496 e. The smallest absolute Gasteiger partial charge is 0.275 e. The number of oxime groups is 1. The van der Waals surface area contributed by atoms with E-state index in [0.29, 0.717) is 22.2 Å². The van der Waals surface area contributed by atoms with Crippen LogP contribution in [0.1, 0.15) is 43.7 Å². The molecule has 0 saturated heterocycles. The van der Waals surface area contributed by atoms with Crippen LogP contribution >= 0.6 is 11.6 Å². The Morgan fingerprint density at radius 1 is 1.24 bits per heavy atom. The fourth-order valence-electron chi connectivity index (χ4n) is 2.79. The number of aromatic nitrogens is 3. The van der Waals surface area contributed by atoms with Crippen LogP contribution in [-0.4, -0.2) is 39.4 Å². The van der Waals surface area contributed by atoms with Crippen LogP contribution in [-0.2, 0) is 4.84 Å². The minimum atomic E-state index is -0.326. The molecule has 8 nitrogen and oxygen atoms in total. The number of hydrogen-bond donors (Lipinski definition) is 1. The monoisotopic (exact) mass is 467 g/mol. The van der Waals surface area contributed by atoms with E-state index in [1.54, 1.807) is 31.4 Å². The van der Waals surface area contributed by atoms with Crippen molar-refractivity contribution in [1.29, 1.82) is 0 Å². The minimum absolute atomic E-state index is 0.0528. The number of imidazole rings is 1.